The Morgan fingerprint density at radius 3 is 2.56 bits per heavy atom. The number of aromatic amines is 1. The molecule has 32 heavy (non-hydrogen) atoms. The molecule has 0 saturated carbocycles. The van der Waals surface area contributed by atoms with Gasteiger partial charge in [0.1, 0.15) is 11.4 Å². The van der Waals surface area contributed by atoms with Crippen molar-refractivity contribution in [2.45, 2.75) is 57.3 Å². The van der Waals surface area contributed by atoms with Gasteiger partial charge < -0.3 is 10.3 Å². The Morgan fingerprint density at radius 2 is 1.97 bits per heavy atom. The van der Waals surface area contributed by atoms with Gasteiger partial charge in [0.25, 0.3) is 11.6 Å². The lowest BCUT2D eigenvalue weighted by Crippen LogP contribution is -2.55. The number of aromatic nitrogens is 1. The summed E-state index contributed by atoms with van der Waals surface area (Å²) in [6.45, 7) is 1.94. The first-order valence-corrected chi connectivity index (χ1v) is 9.73. The minimum atomic E-state index is -5.05. The van der Waals surface area contributed by atoms with Crippen LogP contribution in [0.1, 0.15) is 30.0 Å². The Hall–Kier alpha value is -2.92. The lowest BCUT2D eigenvalue weighted by atomic mass is 9.95. The topological polar surface area (TPSA) is 82.0 Å². The number of carbonyl (C=O) groups is 1. The number of rotatable bonds is 4. The molecule has 3 rings (SSSR count). The second-order valence-corrected chi connectivity index (χ2v) is 7.87. The molecule has 2 heterocycles. The first-order chi connectivity index (χ1) is 14.8. The van der Waals surface area contributed by atoms with Gasteiger partial charge in [-0.3, -0.25) is 9.59 Å². The molecule has 0 spiro atoms. The number of alkyl halides is 5. The molecule has 6 nitrogen and oxygen atoms in total. The van der Waals surface area contributed by atoms with Gasteiger partial charge in [0.2, 0.25) is 12.5 Å². The SMILES string of the molecule is Cc1c(CC(=O)N[C@H](C)C2C(F)CC(F)C[N+]2=O)c(=O)[nH]c2ccc(F)c(C(F)(F)F)c12. The molecule has 0 bridgehead atoms. The zero-order valence-corrected chi connectivity index (χ0v) is 17.0. The highest BCUT2D eigenvalue weighted by Gasteiger charge is 2.47. The molecule has 1 saturated heterocycles. The highest BCUT2D eigenvalue weighted by molar-refractivity contribution is 5.89. The summed E-state index contributed by atoms with van der Waals surface area (Å²) in [6.07, 6.45) is -9.72. The number of amides is 1. The number of nitrogens with zero attached hydrogens (tertiary/aromatic N) is 1. The van der Waals surface area contributed by atoms with Crippen molar-refractivity contribution in [3.05, 3.63) is 49.9 Å². The molecular formula is C20H20F6N3O3+. The Bertz CT molecular complexity index is 1130. The molecule has 1 aromatic carbocycles. The average Bonchev–Trinajstić information content (AvgIpc) is 2.63. The predicted molar refractivity (Wildman–Crippen MR) is 102 cm³/mol. The minimum absolute atomic E-state index is 0.205. The van der Waals surface area contributed by atoms with Gasteiger partial charge in [-0.25, -0.2) is 13.2 Å². The number of nitrogens with one attached hydrogen (secondary N) is 2. The van der Waals surface area contributed by atoms with Crippen LogP contribution in [0.5, 0.6) is 0 Å². The molecule has 2 N–H and O–H groups in total. The maximum Gasteiger partial charge on any atom is 0.419 e. The standard InChI is InChI=1S/C20H19F6N3O3/c1-8-11(6-15(30)27-9(2)18-13(23)5-10(21)7-29(18)32)19(31)28-14-4-3-12(22)17(16(8)14)20(24,25)26/h3-4,9-10,13,18H,5-7H2,1-2H3,(H-,27,28,30,31)/p+1/t9-,10?,13?,18?/m1/s1. The fraction of sp³-hybridized carbons (Fsp3) is 0.500. The van der Waals surface area contributed by atoms with Crippen molar-refractivity contribution >= 4 is 16.8 Å². The molecule has 1 aromatic heterocycles. The maximum absolute atomic E-state index is 14.1. The zero-order chi connectivity index (χ0) is 24.0. The fourth-order valence-corrected chi connectivity index (χ4v) is 4.15. The molecule has 4 atom stereocenters. The quantitative estimate of drug-likeness (QED) is 0.539. The molecule has 1 fully saturated rings. The van der Waals surface area contributed by atoms with Crippen molar-refractivity contribution in [2.75, 3.05) is 6.54 Å². The number of pyridine rings is 1. The summed E-state index contributed by atoms with van der Waals surface area (Å²) >= 11 is 0. The highest BCUT2D eigenvalue weighted by Crippen LogP contribution is 2.37. The summed E-state index contributed by atoms with van der Waals surface area (Å²) in [4.78, 5) is 39.0. The van der Waals surface area contributed by atoms with E-state index in [4.69, 9.17) is 0 Å². The third kappa shape index (κ3) is 4.49. The van der Waals surface area contributed by atoms with E-state index < -0.39 is 78.2 Å². The van der Waals surface area contributed by atoms with Gasteiger partial charge in [0.05, 0.1) is 12.5 Å². The monoisotopic (exact) mass is 464 g/mol. The third-order valence-corrected chi connectivity index (χ3v) is 5.59. The summed E-state index contributed by atoms with van der Waals surface area (Å²) in [6, 6.07) is -0.840. The van der Waals surface area contributed by atoms with Crippen molar-refractivity contribution < 1.29 is 35.9 Å². The van der Waals surface area contributed by atoms with Crippen LogP contribution in [0.3, 0.4) is 0 Å². The summed E-state index contributed by atoms with van der Waals surface area (Å²) in [5.74, 6) is -2.39. The highest BCUT2D eigenvalue weighted by atomic mass is 19.4. The predicted octanol–water partition coefficient (Wildman–Crippen LogP) is 3.27. The number of piperidine rings is 1. The van der Waals surface area contributed by atoms with Gasteiger partial charge >= 0.3 is 6.18 Å². The molecule has 12 heteroatoms. The molecule has 1 amide bonds. The third-order valence-electron chi connectivity index (χ3n) is 5.59. The van der Waals surface area contributed by atoms with E-state index in [2.05, 4.69) is 10.3 Å². The number of H-pyrrole nitrogens is 1. The van der Waals surface area contributed by atoms with Crippen molar-refractivity contribution in [1.82, 2.24) is 10.3 Å². The van der Waals surface area contributed by atoms with E-state index in [1.807, 2.05) is 0 Å². The summed E-state index contributed by atoms with van der Waals surface area (Å²) in [7, 11) is 0. The number of fused-ring (bicyclic) bond motifs is 1. The number of benzene rings is 1. The van der Waals surface area contributed by atoms with E-state index in [9.17, 15) is 40.8 Å². The minimum Gasteiger partial charge on any atom is -0.346 e. The molecule has 0 radical (unpaired) electrons. The molecular weight excluding hydrogens is 444 g/mol. The lowest BCUT2D eigenvalue weighted by Gasteiger charge is -2.26. The molecule has 1 aliphatic heterocycles. The lowest BCUT2D eigenvalue weighted by molar-refractivity contribution is -0.611. The summed E-state index contributed by atoms with van der Waals surface area (Å²) < 4.78 is 81.9. The summed E-state index contributed by atoms with van der Waals surface area (Å²) in [5, 5.41) is 1.76. The van der Waals surface area contributed by atoms with Crippen molar-refractivity contribution in [3.63, 3.8) is 0 Å². The number of nitroso groups, excluding NO2 is 1. The van der Waals surface area contributed by atoms with Crippen LogP contribution in [0.15, 0.2) is 16.9 Å². The number of aryl methyl sites for hydroxylation is 1. The van der Waals surface area contributed by atoms with E-state index in [1.54, 1.807) is 0 Å². The van der Waals surface area contributed by atoms with E-state index >= 15 is 0 Å². The molecule has 3 unspecified atom stereocenters. The Balaban J connectivity index is 1.91. The van der Waals surface area contributed by atoms with Crippen LogP contribution in [-0.4, -0.2) is 46.6 Å². The Labute approximate surface area is 177 Å². The number of carbonyl (C=O) groups excluding carboxylic acids is 1. The largest absolute Gasteiger partial charge is 0.419 e. The van der Waals surface area contributed by atoms with Gasteiger partial charge in [0.15, 0.2) is 12.3 Å². The van der Waals surface area contributed by atoms with Crippen molar-refractivity contribution in [1.29, 1.82) is 0 Å². The second kappa shape index (κ2) is 8.55. The number of halogens is 6. The zero-order valence-electron chi connectivity index (χ0n) is 17.0. The normalized spacial score (nSPS) is 22.8. The van der Waals surface area contributed by atoms with Crippen LogP contribution in [0.2, 0.25) is 0 Å². The van der Waals surface area contributed by atoms with Crippen LogP contribution in [0.4, 0.5) is 26.3 Å². The smallest absolute Gasteiger partial charge is 0.346 e. The first kappa shape index (κ1) is 23.7. The first-order valence-electron chi connectivity index (χ1n) is 9.73. The van der Waals surface area contributed by atoms with Crippen LogP contribution in [0.25, 0.3) is 10.9 Å². The van der Waals surface area contributed by atoms with E-state index in [1.165, 1.54) is 6.92 Å². The van der Waals surface area contributed by atoms with E-state index in [0.29, 0.717) is 6.07 Å². The van der Waals surface area contributed by atoms with Gasteiger partial charge in [0, 0.05) is 32.6 Å². The Morgan fingerprint density at radius 1 is 1.31 bits per heavy atom. The number of hydrogen-bond acceptors (Lipinski definition) is 3. The van der Waals surface area contributed by atoms with Gasteiger partial charge in [-0.05, 0) is 31.5 Å². The summed E-state index contributed by atoms with van der Waals surface area (Å²) in [5.41, 5.74) is -3.22. The van der Waals surface area contributed by atoms with E-state index in [0.717, 1.165) is 13.0 Å². The second-order valence-electron chi connectivity index (χ2n) is 7.87. The molecule has 174 valence electrons. The van der Waals surface area contributed by atoms with Crippen LogP contribution >= 0.6 is 0 Å². The van der Waals surface area contributed by atoms with Gasteiger partial charge in [-0.1, -0.05) is 0 Å². The Kier molecular flexibility index (Phi) is 6.34. The van der Waals surface area contributed by atoms with Crippen molar-refractivity contribution in [3.8, 4) is 0 Å². The van der Waals surface area contributed by atoms with Gasteiger partial charge in [-0.15, -0.1) is 0 Å². The van der Waals surface area contributed by atoms with Crippen LogP contribution in [-0.2, 0) is 17.4 Å². The van der Waals surface area contributed by atoms with Gasteiger partial charge in [-0.2, -0.15) is 13.2 Å². The van der Waals surface area contributed by atoms with E-state index in [-0.39, 0.29) is 21.4 Å². The van der Waals surface area contributed by atoms with Crippen LogP contribution in [0, 0.1) is 17.6 Å². The van der Waals surface area contributed by atoms with Crippen LogP contribution < -0.4 is 10.9 Å². The van der Waals surface area contributed by atoms with Crippen molar-refractivity contribution in [2.24, 2.45) is 0 Å². The molecule has 2 aromatic rings. The molecule has 0 aliphatic carbocycles. The average molecular weight is 464 g/mol. The molecule has 1 aliphatic rings. The number of hydrogen-bond donors (Lipinski definition) is 2. The maximum atomic E-state index is 14.1. The fourth-order valence-electron chi connectivity index (χ4n) is 4.15.